The molecule has 3 aromatic rings. The largest absolute Gasteiger partial charge is 0.493 e. The number of rotatable bonds is 4. The molecule has 0 aliphatic carbocycles. The number of ether oxygens (including phenoxy) is 1. The van der Waals surface area contributed by atoms with Crippen molar-refractivity contribution in [2.75, 3.05) is 12.3 Å². The zero-order valence-corrected chi connectivity index (χ0v) is 11.4. The number of benzene rings is 2. The highest BCUT2D eigenvalue weighted by Crippen LogP contribution is 2.29. The lowest BCUT2D eigenvalue weighted by molar-refractivity contribution is 0.318. The van der Waals surface area contributed by atoms with Crippen LogP contribution in [-0.4, -0.2) is 16.6 Å². The summed E-state index contributed by atoms with van der Waals surface area (Å²) in [5, 5.41) is 0. The van der Waals surface area contributed by atoms with Gasteiger partial charge in [0.1, 0.15) is 11.6 Å². The van der Waals surface area contributed by atoms with Crippen LogP contribution >= 0.6 is 0 Å². The average Bonchev–Trinajstić information content (AvgIpc) is 2.88. The summed E-state index contributed by atoms with van der Waals surface area (Å²) >= 11 is 0. The standard InChI is InChI=1S/C16H17N3O/c1-2-9-20-15-6-4-3-5-12(15)16-18-13-8-7-11(17)10-14(13)19-16/h3-8,10H,2,9,17H2,1H3,(H,18,19). The van der Waals surface area contributed by atoms with Crippen molar-refractivity contribution < 1.29 is 4.74 Å². The summed E-state index contributed by atoms with van der Waals surface area (Å²) in [6.45, 7) is 2.79. The number of H-pyrrole nitrogens is 1. The first kappa shape index (κ1) is 12.5. The lowest BCUT2D eigenvalue weighted by atomic mass is 10.2. The third kappa shape index (κ3) is 2.32. The topological polar surface area (TPSA) is 63.9 Å². The Labute approximate surface area is 117 Å². The normalized spacial score (nSPS) is 10.8. The molecule has 3 rings (SSSR count). The molecule has 0 bridgehead atoms. The molecular formula is C16H17N3O. The van der Waals surface area contributed by atoms with Crippen molar-refractivity contribution in [2.45, 2.75) is 13.3 Å². The number of hydrogen-bond acceptors (Lipinski definition) is 3. The van der Waals surface area contributed by atoms with Gasteiger partial charge >= 0.3 is 0 Å². The number of hydrogen-bond donors (Lipinski definition) is 2. The number of nitrogens with two attached hydrogens (primary N) is 1. The van der Waals surface area contributed by atoms with E-state index < -0.39 is 0 Å². The lowest BCUT2D eigenvalue weighted by Crippen LogP contribution is -1.97. The van der Waals surface area contributed by atoms with E-state index in [1.165, 1.54) is 0 Å². The summed E-state index contributed by atoms with van der Waals surface area (Å²) in [5.41, 5.74) is 9.33. The summed E-state index contributed by atoms with van der Waals surface area (Å²) in [5.74, 6) is 1.65. The molecule has 1 aromatic heterocycles. The van der Waals surface area contributed by atoms with E-state index >= 15 is 0 Å². The minimum atomic E-state index is 0.699. The van der Waals surface area contributed by atoms with Crippen molar-refractivity contribution >= 4 is 16.7 Å². The zero-order valence-electron chi connectivity index (χ0n) is 11.4. The van der Waals surface area contributed by atoms with Crippen LogP contribution in [0, 0.1) is 0 Å². The Balaban J connectivity index is 2.06. The first-order chi connectivity index (χ1) is 9.78. The molecule has 0 radical (unpaired) electrons. The minimum absolute atomic E-state index is 0.699. The van der Waals surface area contributed by atoms with E-state index in [2.05, 4.69) is 16.9 Å². The quantitative estimate of drug-likeness (QED) is 0.710. The van der Waals surface area contributed by atoms with Gasteiger partial charge in [-0.3, -0.25) is 0 Å². The SMILES string of the molecule is CCCOc1ccccc1-c1nc2ccc(N)cc2[nH]1. The number of fused-ring (bicyclic) bond motifs is 1. The van der Waals surface area contributed by atoms with Crippen molar-refractivity contribution in [2.24, 2.45) is 0 Å². The predicted octanol–water partition coefficient (Wildman–Crippen LogP) is 3.60. The number of aromatic nitrogens is 2. The molecule has 4 nitrogen and oxygen atoms in total. The minimum Gasteiger partial charge on any atom is -0.493 e. The monoisotopic (exact) mass is 267 g/mol. The number of imidazole rings is 1. The molecule has 102 valence electrons. The van der Waals surface area contributed by atoms with Crippen LogP contribution in [0.2, 0.25) is 0 Å². The molecule has 0 aliphatic rings. The van der Waals surface area contributed by atoms with Crippen LogP contribution in [-0.2, 0) is 0 Å². The maximum Gasteiger partial charge on any atom is 0.142 e. The molecular weight excluding hydrogens is 250 g/mol. The molecule has 0 fully saturated rings. The molecule has 20 heavy (non-hydrogen) atoms. The molecule has 0 atom stereocenters. The highest BCUT2D eigenvalue weighted by atomic mass is 16.5. The van der Waals surface area contributed by atoms with Crippen molar-refractivity contribution in [3.8, 4) is 17.1 Å². The Bertz CT molecular complexity index is 733. The van der Waals surface area contributed by atoms with E-state index in [1.54, 1.807) is 0 Å². The van der Waals surface area contributed by atoms with Gasteiger partial charge in [-0.25, -0.2) is 4.98 Å². The van der Waals surface area contributed by atoms with Gasteiger partial charge in [0.05, 0.1) is 23.2 Å². The van der Waals surface area contributed by atoms with E-state index in [-0.39, 0.29) is 0 Å². The smallest absolute Gasteiger partial charge is 0.142 e. The van der Waals surface area contributed by atoms with E-state index in [4.69, 9.17) is 10.5 Å². The number of nitrogen functional groups attached to an aromatic ring is 1. The van der Waals surface area contributed by atoms with Crippen LogP contribution in [0.1, 0.15) is 13.3 Å². The zero-order chi connectivity index (χ0) is 13.9. The Morgan fingerprint density at radius 1 is 1.20 bits per heavy atom. The molecule has 0 saturated carbocycles. The molecule has 3 N–H and O–H groups in total. The number of anilines is 1. The van der Waals surface area contributed by atoms with Crippen molar-refractivity contribution in [1.29, 1.82) is 0 Å². The van der Waals surface area contributed by atoms with E-state index in [9.17, 15) is 0 Å². The van der Waals surface area contributed by atoms with E-state index in [0.717, 1.165) is 40.3 Å². The molecule has 1 heterocycles. The Morgan fingerprint density at radius 3 is 2.90 bits per heavy atom. The van der Waals surface area contributed by atoms with Gasteiger partial charge in [0, 0.05) is 5.69 Å². The molecule has 0 amide bonds. The number of nitrogens with zero attached hydrogens (tertiary/aromatic N) is 1. The second-order valence-electron chi connectivity index (χ2n) is 4.71. The summed E-state index contributed by atoms with van der Waals surface area (Å²) < 4.78 is 5.78. The second-order valence-corrected chi connectivity index (χ2v) is 4.71. The van der Waals surface area contributed by atoms with Crippen molar-refractivity contribution in [3.05, 3.63) is 42.5 Å². The predicted molar refractivity (Wildman–Crippen MR) is 81.7 cm³/mol. The van der Waals surface area contributed by atoms with Gasteiger partial charge in [0.25, 0.3) is 0 Å². The highest BCUT2D eigenvalue weighted by Gasteiger charge is 2.10. The highest BCUT2D eigenvalue weighted by molar-refractivity contribution is 5.83. The van der Waals surface area contributed by atoms with Crippen LogP contribution in [0.15, 0.2) is 42.5 Å². The van der Waals surface area contributed by atoms with Gasteiger partial charge in [0.15, 0.2) is 0 Å². The van der Waals surface area contributed by atoms with Crippen LogP contribution in [0.3, 0.4) is 0 Å². The van der Waals surface area contributed by atoms with Gasteiger partial charge in [-0.05, 0) is 36.8 Å². The molecule has 2 aromatic carbocycles. The van der Waals surface area contributed by atoms with Gasteiger partial charge < -0.3 is 15.5 Å². The van der Waals surface area contributed by atoms with Crippen LogP contribution < -0.4 is 10.5 Å². The lowest BCUT2D eigenvalue weighted by Gasteiger charge is -2.08. The number of aromatic amines is 1. The molecule has 0 unspecified atom stereocenters. The number of para-hydroxylation sites is 1. The first-order valence-electron chi connectivity index (χ1n) is 6.75. The van der Waals surface area contributed by atoms with Crippen LogP contribution in [0.25, 0.3) is 22.4 Å². The van der Waals surface area contributed by atoms with Gasteiger partial charge in [-0.2, -0.15) is 0 Å². The van der Waals surface area contributed by atoms with Crippen LogP contribution in [0.5, 0.6) is 5.75 Å². The third-order valence-electron chi connectivity index (χ3n) is 3.11. The van der Waals surface area contributed by atoms with Crippen molar-refractivity contribution in [1.82, 2.24) is 9.97 Å². The third-order valence-corrected chi connectivity index (χ3v) is 3.11. The van der Waals surface area contributed by atoms with Gasteiger partial charge in [-0.1, -0.05) is 19.1 Å². The fourth-order valence-corrected chi connectivity index (χ4v) is 2.15. The van der Waals surface area contributed by atoms with Gasteiger partial charge in [-0.15, -0.1) is 0 Å². The van der Waals surface area contributed by atoms with Crippen LogP contribution in [0.4, 0.5) is 5.69 Å². The number of nitrogens with one attached hydrogen (secondary N) is 1. The van der Waals surface area contributed by atoms with E-state index in [1.807, 2.05) is 42.5 Å². The fourth-order valence-electron chi connectivity index (χ4n) is 2.15. The summed E-state index contributed by atoms with van der Waals surface area (Å²) in [4.78, 5) is 7.90. The Morgan fingerprint density at radius 2 is 2.05 bits per heavy atom. The summed E-state index contributed by atoms with van der Waals surface area (Å²) in [7, 11) is 0. The fraction of sp³-hybridized carbons (Fsp3) is 0.188. The van der Waals surface area contributed by atoms with E-state index in [0.29, 0.717) is 6.61 Å². The average molecular weight is 267 g/mol. The maximum atomic E-state index is 5.79. The molecule has 0 spiro atoms. The Hall–Kier alpha value is -2.49. The summed E-state index contributed by atoms with van der Waals surface area (Å²) in [6, 6.07) is 13.6. The maximum absolute atomic E-state index is 5.79. The molecule has 0 aliphatic heterocycles. The molecule has 0 saturated heterocycles. The summed E-state index contributed by atoms with van der Waals surface area (Å²) in [6.07, 6.45) is 0.977. The van der Waals surface area contributed by atoms with Crippen molar-refractivity contribution in [3.63, 3.8) is 0 Å². The molecule has 4 heteroatoms. The Kier molecular flexibility index (Phi) is 3.29. The first-order valence-corrected chi connectivity index (χ1v) is 6.75. The van der Waals surface area contributed by atoms with Gasteiger partial charge in [0.2, 0.25) is 0 Å². The second kappa shape index (κ2) is 5.25.